The topological polar surface area (TPSA) is 49.4 Å². The number of azo groups is 1. The fourth-order valence-corrected chi connectivity index (χ4v) is 0.197. The third-order valence-electron chi connectivity index (χ3n) is 0.401. The third-order valence-corrected chi connectivity index (χ3v) is 0.401. The van der Waals surface area contributed by atoms with E-state index in [9.17, 15) is 0 Å². The van der Waals surface area contributed by atoms with Gasteiger partial charge in [-0.05, 0) is 0 Å². The fraction of sp³-hybridized carbons (Fsp3) is 0. The molecule has 34 valence electrons. The molecule has 0 N–H and O–H groups in total. The summed E-state index contributed by atoms with van der Waals surface area (Å²) in [5, 5.41) is 13.5. The first-order valence-electron chi connectivity index (χ1n) is 1.69. The van der Waals surface area contributed by atoms with Gasteiger partial charge in [0.2, 0.25) is 0 Å². The Balaban J connectivity index is 2.86. The van der Waals surface area contributed by atoms with Crippen LogP contribution in [0.4, 0.5) is 0 Å². The quantitative estimate of drug-likeness (QED) is 0.421. The molecule has 0 saturated carbocycles. The van der Waals surface area contributed by atoms with E-state index in [0.29, 0.717) is 0 Å². The van der Waals surface area contributed by atoms with E-state index in [0.717, 1.165) is 0 Å². The molecule has 0 unspecified atom stereocenters. The van der Waals surface area contributed by atoms with Crippen molar-refractivity contribution in [1.82, 2.24) is 0 Å². The molecule has 1 rings (SSSR count). The highest BCUT2D eigenvalue weighted by atomic mass is 15.3. The van der Waals surface area contributed by atoms with Gasteiger partial charge in [0.1, 0.15) is 6.20 Å². The van der Waals surface area contributed by atoms with Crippen LogP contribution in [0.3, 0.4) is 0 Å². The minimum atomic E-state index is 1.25. The molecule has 1 heterocycles. The summed E-state index contributed by atoms with van der Waals surface area (Å²) in [4.78, 5) is 0. The van der Waals surface area contributed by atoms with Crippen molar-refractivity contribution in [3.05, 3.63) is 6.20 Å². The van der Waals surface area contributed by atoms with Gasteiger partial charge in [-0.1, -0.05) is 0 Å². The fourth-order valence-electron chi connectivity index (χ4n) is 0.197. The molecule has 7 heavy (non-hydrogen) atoms. The van der Waals surface area contributed by atoms with Crippen LogP contribution in [0.1, 0.15) is 0 Å². The van der Waals surface area contributed by atoms with Gasteiger partial charge in [-0.15, -0.1) is 20.4 Å². The van der Waals surface area contributed by atoms with Crippen LogP contribution in [-0.2, 0) is 0 Å². The van der Waals surface area contributed by atoms with Crippen molar-refractivity contribution < 1.29 is 0 Å². The lowest BCUT2D eigenvalue weighted by molar-refractivity contribution is 1.25. The minimum Gasteiger partial charge on any atom is -0.147 e. The average molecular weight is 94.1 g/mol. The van der Waals surface area contributed by atoms with Crippen molar-refractivity contribution in [2.45, 2.75) is 0 Å². The first-order valence-corrected chi connectivity index (χ1v) is 1.69. The van der Waals surface area contributed by atoms with Gasteiger partial charge >= 0.3 is 0 Å². The summed E-state index contributed by atoms with van der Waals surface area (Å²) in [6, 6.07) is 0. The van der Waals surface area contributed by atoms with E-state index in [2.05, 4.69) is 26.3 Å². The molecule has 0 aromatic heterocycles. The van der Waals surface area contributed by atoms with Gasteiger partial charge in [0.05, 0.1) is 0 Å². The van der Waals surface area contributed by atoms with Crippen molar-refractivity contribution in [1.29, 1.82) is 0 Å². The maximum atomic E-state index is 3.42. The lowest BCUT2D eigenvalue weighted by atomic mass is 11.0. The van der Waals surface area contributed by atoms with Crippen LogP contribution in [0, 0.1) is 0 Å². The van der Waals surface area contributed by atoms with Crippen LogP contribution in [-0.4, -0.2) is 12.2 Å². The van der Waals surface area contributed by atoms with Gasteiger partial charge < -0.3 is 0 Å². The standard InChI is InChI=1S/C3H2N4/c1-2-5-7-3-6-4-1/h1,3H. The Morgan fingerprint density at radius 2 is 2.29 bits per heavy atom. The first-order chi connectivity index (χ1) is 3.50. The van der Waals surface area contributed by atoms with Crippen LogP contribution in [0.25, 0.3) is 0 Å². The second-order valence-corrected chi connectivity index (χ2v) is 0.820. The van der Waals surface area contributed by atoms with Crippen molar-refractivity contribution >= 4 is 12.2 Å². The number of nitrogens with zero attached hydrogens (tertiary/aromatic N) is 4. The van der Waals surface area contributed by atoms with Crippen LogP contribution in [0.15, 0.2) is 26.6 Å². The number of hydrogen-bond acceptors (Lipinski definition) is 4. The lowest BCUT2D eigenvalue weighted by Crippen LogP contribution is -1.52. The molecule has 1 aliphatic heterocycles. The molecular formula is C3H2N4. The lowest BCUT2D eigenvalue weighted by Gasteiger charge is -1.60. The summed E-state index contributed by atoms with van der Waals surface area (Å²) in [5.74, 6) is 2.39. The second-order valence-electron chi connectivity index (χ2n) is 0.820. The van der Waals surface area contributed by atoms with Gasteiger partial charge in [-0.25, -0.2) is 0 Å². The van der Waals surface area contributed by atoms with E-state index < -0.39 is 0 Å². The minimum absolute atomic E-state index is 1.25. The van der Waals surface area contributed by atoms with E-state index in [1.165, 1.54) is 12.5 Å². The molecular weight excluding hydrogens is 92.1 g/mol. The Morgan fingerprint density at radius 3 is 3.29 bits per heavy atom. The molecule has 4 nitrogen and oxygen atoms in total. The van der Waals surface area contributed by atoms with Gasteiger partial charge in [-0.3, -0.25) is 0 Å². The Labute approximate surface area is 40.0 Å². The van der Waals surface area contributed by atoms with Crippen LogP contribution < -0.4 is 0 Å². The highest BCUT2D eigenvalue weighted by Gasteiger charge is 1.65. The Hall–Kier alpha value is -1.28. The Morgan fingerprint density at radius 1 is 1.29 bits per heavy atom. The predicted molar refractivity (Wildman–Crippen MR) is 25.4 cm³/mol. The van der Waals surface area contributed by atoms with E-state index in [-0.39, 0.29) is 0 Å². The van der Waals surface area contributed by atoms with Gasteiger partial charge in [-0.2, -0.15) is 0 Å². The summed E-state index contributed by atoms with van der Waals surface area (Å²) >= 11 is 0. The van der Waals surface area contributed by atoms with Crippen LogP contribution in [0.5, 0.6) is 0 Å². The van der Waals surface area contributed by atoms with Crippen molar-refractivity contribution in [2.24, 2.45) is 20.4 Å². The third kappa shape index (κ3) is 1.07. The van der Waals surface area contributed by atoms with Gasteiger partial charge in [0.25, 0.3) is 0 Å². The molecule has 0 aliphatic carbocycles. The number of hydrogen-bond donors (Lipinski definition) is 0. The molecule has 0 amide bonds. The zero-order valence-electron chi connectivity index (χ0n) is 3.44. The van der Waals surface area contributed by atoms with E-state index in [4.69, 9.17) is 0 Å². The largest absolute Gasteiger partial charge is 0.161 e. The summed E-state index contributed by atoms with van der Waals surface area (Å²) in [5.41, 5.74) is 0. The van der Waals surface area contributed by atoms with Crippen LogP contribution in [0.2, 0.25) is 0 Å². The summed E-state index contributed by atoms with van der Waals surface area (Å²) in [6.45, 7) is 0. The van der Waals surface area contributed by atoms with E-state index >= 15 is 0 Å². The van der Waals surface area contributed by atoms with Crippen molar-refractivity contribution in [3.8, 4) is 0 Å². The first kappa shape index (κ1) is 3.89. The smallest absolute Gasteiger partial charge is 0.147 e. The Bertz CT molecular complexity index is 144. The summed E-state index contributed by atoms with van der Waals surface area (Å²) in [7, 11) is 0. The highest BCUT2D eigenvalue weighted by Crippen LogP contribution is 1.75. The van der Waals surface area contributed by atoms with Crippen molar-refractivity contribution in [2.75, 3.05) is 0 Å². The maximum absolute atomic E-state index is 3.42. The van der Waals surface area contributed by atoms with E-state index in [1.54, 1.807) is 0 Å². The number of rotatable bonds is 0. The zero-order chi connectivity index (χ0) is 4.95. The zero-order valence-corrected chi connectivity index (χ0v) is 3.44. The average Bonchev–Trinajstić information content (AvgIpc) is 1.90. The normalized spacial score (nSPS) is 14.9. The monoisotopic (exact) mass is 94.0 g/mol. The summed E-state index contributed by atoms with van der Waals surface area (Å²) in [6.07, 6.45) is 2.59. The van der Waals surface area contributed by atoms with Gasteiger partial charge in [0.15, 0.2) is 6.34 Å². The molecule has 0 saturated heterocycles. The SMILES string of the molecule is C1=CN=NC=NN=1. The molecule has 4 heteroatoms. The predicted octanol–water partition coefficient (Wildman–Crippen LogP) is 0.579. The molecule has 0 aromatic rings. The van der Waals surface area contributed by atoms with E-state index in [1.807, 2.05) is 0 Å². The van der Waals surface area contributed by atoms with Gasteiger partial charge in [0, 0.05) is 5.87 Å². The maximum Gasteiger partial charge on any atom is 0.161 e. The molecule has 1 aliphatic rings. The molecule has 0 bridgehead atoms. The summed E-state index contributed by atoms with van der Waals surface area (Å²) < 4.78 is 0. The molecule has 0 radical (unpaired) electrons. The second kappa shape index (κ2) is 2.00. The highest BCUT2D eigenvalue weighted by molar-refractivity contribution is 5.59. The molecule has 0 aromatic carbocycles. The van der Waals surface area contributed by atoms with Crippen molar-refractivity contribution in [3.63, 3.8) is 0 Å². The molecule has 0 atom stereocenters. The molecule has 0 fully saturated rings. The molecule has 0 spiro atoms. The van der Waals surface area contributed by atoms with Crippen LogP contribution >= 0.6 is 0 Å². The Kier molecular flexibility index (Phi) is 1.11.